The van der Waals surface area contributed by atoms with E-state index < -0.39 is 4.92 Å². The maximum atomic E-state index is 10.9. The molecule has 2 aromatic carbocycles. The first-order valence-corrected chi connectivity index (χ1v) is 6.69. The van der Waals surface area contributed by atoms with Gasteiger partial charge in [-0.15, -0.1) is 5.10 Å². The van der Waals surface area contributed by atoms with Crippen LogP contribution in [0, 0.1) is 10.1 Å². The van der Waals surface area contributed by atoms with E-state index >= 15 is 0 Å². The molecule has 0 saturated carbocycles. The molecule has 7 nitrogen and oxygen atoms in total. The molecule has 0 fully saturated rings. The summed E-state index contributed by atoms with van der Waals surface area (Å²) in [5.74, 6) is 0.714. The number of hydrogen-bond donors (Lipinski definition) is 0. The molecule has 0 spiro atoms. The number of hydrogen-bond acceptors (Lipinski definition) is 6. The Hall–Kier alpha value is -2.87. The van der Waals surface area contributed by atoms with Crippen LogP contribution in [0.25, 0.3) is 11.0 Å². The second kappa shape index (κ2) is 5.49. The van der Waals surface area contributed by atoms with E-state index in [0.29, 0.717) is 21.8 Å². The van der Waals surface area contributed by atoms with Gasteiger partial charge in [0, 0.05) is 17.7 Å². The Morgan fingerprint density at radius 1 is 1.27 bits per heavy atom. The molecule has 22 heavy (non-hydrogen) atoms. The summed E-state index contributed by atoms with van der Waals surface area (Å²) in [5, 5.41) is 18.9. The summed E-state index contributed by atoms with van der Waals surface area (Å²) in [5.41, 5.74) is 1.75. The largest absolute Gasteiger partial charge is 0.497 e. The van der Waals surface area contributed by atoms with Crippen LogP contribution in [0.3, 0.4) is 0 Å². The molecule has 3 aromatic rings. The third kappa shape index (κ3) is 2.40. The predicted molar refractivity (Wildman–Crippen MR) is 84.3 cm³/mol. The van der Waals surface area contributed by atoms with E-state index in [1.54, 1.807) is 37.4 Å². The normalized spacial score (nSPS) is 10.6. The average molecular weight is 314 g/mol. The van der Waals surface area contributed by atoms with Crippen molar-refractivity contribution >= 4 is 33.9 Å². The number of benzene rings is 2. The second-order valence-corrected chi connectivity index (χ2v) is 4.85. The second-order valence-electron chi connectivity index (χ2n) is 4.47. The number of aromatic nitrogens is 3. The third-order valence-corrected chi connectivity index (χ3v) is 3.58. The third-order valence-electron chi connectivity index (χ3n) is 3.17. The molecule has 0 aliphatic rings. The fourth-order valence-corrected chi connectivity index (χ4v) is 2.30. The summed E-state index contributed by atoms with van der Waals surface area (Å²) >= 11 is 5.41. The highest BCUT2D eigenvalue weighted by atomic mass is 32.1. The van der Waals surface area contributed by atoms with Crippen molar-refractivity contribution in [3.8, 4) is 5.75 Å². The summed E-state index contributed by atoms with van der Waals surface area (Å²) in [7, 11) is 1.58. The zero-order chi connectivity index (χ0) is 15.7. The number of nitro benzene ring substituents is 1. The summed E-state index contributed by atoms with van der Waals surface area (Å²) in [6.45, 7) is 0. The van der Waals surface area contributed by atoms with Crippen LogP contribution in [0.1, 0.15) is 5.56 Å². The minimum atomic E-state index is -0.465. The predicted octanol–water partition coefficient (Wildman–Crippen LogP) is 2.57. The Kier molecular flexibility index (Phi) is 3.51. The Balaban J connectivity index is 2.06. The number of nitrogens with zero attached hydrogens (tertiary/aromatic N) is 4. The van der Waals surface area contributed by atoms with Crippen LogP contribution in [-0.2, 0) is 0 Å². The number of rotatable bonds is 3. The van der Waals surface area contributed by atoms with Gasteiger partial charge in [-0.05, 0) is 30.3 Å². The molecule has 110 valence electrons. The van der Waals surface area contributed by atoms with Gasteiger partial charge in [-0.2, -0.15) is 0 Å². The molecule has 0 saturated heterocycles. The summed E-state index contributed by atoms with van der Waals surface area (Å²) in [6.07, 6.45) is 0. The van der Waals surface area contributed by atoms with Crippen LogP contribution < -0.4 is 4.74 Å². The van der Waals surface area contributed by atoms with Gasteiger partial charge in [0.05, 0.1) is 12.0 Å². The van der Waals surface area contributed by atoms with Crippen LogP contribution in [0.4, 0.5) is 5.69 Å². The molecular formula is C14H10N4O3S. The van der Waals surface area contributed by atoms with Gasteiger partial charge >= 0.3 is 0 Å². The van der Waals surface area contributed by atoms with Crippen molar-refractivity contribution in [2.24, 2.45) is 0 Å². The SMILES string of the molecule is COc1ccc(C(=S)n2nnc3ccc([N+](=O)[O-])cc32)cc1. The van der Waals surface area contributed by atoms with Crippen molar-refractivity contribution in [1.82, 2.24) is 15.0 Å². The summed E-state index contributed by atoms with van der Waals surface area (Å²) < 4.78 is 6.52. The van der Waals surface area contributed by atoms with Crippen LogP contribution in [-0.4, -0.2) is 32.0 Å². The Labute approximate surface area is 130 Å². The highest BCUT2D eigenvalue weighted by Crippen LogP contribution is 2.20. The highest BCUT2D eigenvalue weighted by Gasteiger charge is 2.14. The molecule has 0 amide bonds. The lowest BCUT2D eigenvalue weighted by atomic mass is 10.2. The van der Waals surface area contributed by atoms with Gasteiger partial charge in [0.15, 0.2) is 0 Å². The lowest BCUT2D eigenvalue weighted by Crippen LogP contribution is -2.12. The molecule has 1 heterocycles. The lowest BCUT2D eigenvalue weighted by Gasteiger charge is -2.06. The number of non-ortho nitro benzene ring substituents is 1. The number of methoxy groups -OCH3 is 1. The molecule has 0 N–H and O–H groups in total. The maximum absolute atomic E-state index is 10.9. The van der Waals surface area contributed by atoms with Crippen molar-refractivity contribution in [2.75, 3.05) is 7.11 Å². The number of ether oxygens (including phenoxy) is 1. The topological polar surface area (TPSA) is 83.1 Å². The molecule has 0 radical (unpaired) electrons. The Bertz CT molecular complexity index is 873. The van der Waals surface area contributed by atoms with Gasteiger partial charge in [0.25, 0.3) is 5.69 Å². The molecule has 8 heteroatoms. The van der Waals surface area contributed by atoms with E-state index in [-0.39, 0.29) is 5.69 Å². The van der Waals surface area contributed by atoms with E-state index in [1.807, 2.05) is 0 Å². The molecular weight excluding hydrogens is 304 g/mol. The lowest BCUT2D eigenvalue weighted by molar-refractivity contribution is -0.384. The van der Waals surface area contributed by atoms with Crippen molar-refractivity contribution < 1.29 is 9.66 Å². The van der Waals surface area contributed by atoms with E-state index in [1.165, 1.54) is 16.8 Å². The molecule has 0 aliphatic heterocycles. The van der Waals surface area contributed by atoms with Crippen molar-refractivity contribution in [2.45, 2.75) is 0 Å². The van der Waals surface area contributed by atoms with Crippen molar-refractivity contribution in [1.29, 1.82) is 0 Å². The number of nitro groups is 1. The molecule has 0 unspecified atom stereocenters. The molecule has 0 aliphatic carbocycles. The van der Waals surface area contributed by atoms with Crippen molar-refractivity contribution in [3.05, 3.63) is 58.1 Å². The highest BCUT2D eigenvalue weighted by molar-refractivity contribution is 7.80. The zero-order valence-electron chi connectivity index (χ0n) is 11.5. The van der Waals surface area contributed by atoms with Gasteiger partial charge in [-0.1, -0.05) is 17.4 Å². The van der Waals surface area contributed by atoms with Crippen LogP contribution >= 0.6 is 12.2 Å². The van der Waals surface area contributed by atoms with Crippen LogP contribution in [0.5, 0.6) is 5.75 Å². The summed E-state index contributed by atoms with van der Waals surface area (Å²) in [4.78, 5) is 10.8. The molecule has 0 bridgehead atoms. The Morgan fingerprint density at radius 2 is 2.00 bits per heavy atom. The fourth-order valence-electron chi connectivity index (χ4n) is 2.03. The first kappa shape index (κ1) is 14.1. The standard InChI is InChI=1S/C14H10N4O3S/c1-21-11-5-2-9(3-6-11)14(22)17-13-8-10(18(19)20)4-7-12(13)15-16-17/h2-8H,1H3. The van der Waals surface area contributed by atoms with Gasteiger partial charge in [0.1, 0.15) is 21.8 Å². The van der Waals surface area contributed by atoms with Crippen LogP contribution in [0.2, 0.25) is 0 Å². The van der Waals surface area contributed by atoms with Crippen molar-refractivity contribution in [3.63, 3.8) is 0 Å². The minimum absolute atomic E-state index is 0.0337. The van der Waals surface area contributed by atoms with Gasteiger partial charge in [0.2, 0.25) is 0 Å². The quantitative estimate of drug-likeness (QED) is 0.420. The molecule has 1 aromatic heterocycles. The van der Waals surface area contributed by atoms with E-state index in [4.69, 9.17) is 17.0 Å². The van der Waals surface area contributed by atoms with E-state index in [0.717, 1.165) is 5.56 Å². The minimum Gasteiger partial charge on any atom is -0.497 e. The zero-order valence-corrected chi connectivity index (χ0v) is 12.3. The van der Waals surface area contributed by atoms with E-state index in [9.17, 15) is 10.1 Å². The fraction of sp³-hybridized carbons (Fsp3) is 0.0714. The first-order valence-electron chi connectivity index (χ1n) is 6.29. The van der Waals surface area contributed by atoms with Gasteiger partial charge < -0.3 is 4.74 Å². The van der Waals surface area contributed by atoms with Crippen LogP contribution in [0.15, 0.2) is 42.5 Å². The summed E-state index contributed by atoms with van der Waals surface area (Å²) in [6, 6.07) is 11.5. The first-order chi connectivity index (χ1) is 10.6. The van der Waals surface area contributed by atoms with Gasteiger partial charge in [-0.25, -0.2) is 4.68 Å². The monoisotopic (exact) mass is 314 g/mol. The Morgan fingerprint density at radius 3 is 2.64 bits per heavy atom. The number of thiocarbonyl (C=S) groups is 1. The molecule has 3 rings (SSSR count). The van der Waals surface area contributed by atoms with Gasteiger partial charge in [-0.3, -0.25) is 10.1 Å². The maximum Gasteiger partial charge on any atom is 0.271 e. The smallest absolute Gasteiger partial charge is 0.271 e. The number of fused-ring (bicyclic) bond motifs is 1. The molecule has 0 atom stereocenters. The average Bonchev–Trinajstić information content (AvgIpc) is 2.97. The van der Waals surface area contributed by atoms with E-state index in [2.05, 4.69) is 10.3 Å².